The predicted octanol–water partition coefficient (Wildman–Crippen LogP) is 2.80. The van der Waals surface area contributed by atoms with E-state index in [1.165, 1.54) is 12.1 Å². The van der Waals surface area contributed by atoms with Gasteiger partial charge in [-0.1, -0.05) is 17.3 Å². The van der Waals surface area contributed by atoms with Crippen LogP contribution in [0.5, 0.6) is 0 Å². The lowest BCUT2D eigenvalue weighted by Crippen LogP contribution is -2.08. The molecule has 0 spiro atoms. The minimum atomic E-state index is -4.31. The average molecular weight is 282 g/mol. The fourth-order valence-electron chi connectivity index (χ4n) is 2.20. The quantitative estimate of drug-likeness (QED) is 0.941. The first-order valence-corrected chi connectivity index (χ1v) is 6.30. The molecule has 2 N–H and O–H groups in total. The molecule has 1 aliphatic rings. The SMILES string of the molecule is Nc1nnn(Cc2ccc(C(F)(F)F)cc2)c1C1CC1. The van der Waals surface area contributed by atoms with Gasteiger partial charge in [0.1, 0.15) is 0 Å². The molecule has 20 heavy (non-hydrogen) atoms. The molecule has 106 valence electrons. The van der Waals surface area contributed by atoms with Crippen LogP contribution in [0.3, 0.4) is 0 Å². The van der Waals surface area contributed by atoms with Crippen LogP contribution in [0.2, 0.25) is 0 Å². The third kappa shape index (κ3) is 2.48. The summed E-state index contributed by atoms with van der Waals surface area (Å²) in [7, 11) is 0. The average Bonchev–Trinajstić information content (AvgIpc) is 3.15. The summed E-state index contributed by atoms with van der Waals surface area (Å²) >= 11 is 0. The third-order valence-electron chi connectivity index (χ3n) is 3.38. The van der Waals surface area contributed by atoms with Crippen molar-refractivity contribution in [3.05, 3.63) is 41.1 Å². The van der Waals surface area contributed by atoms with Crippen molar-refractivity contribution in [1.82, 2.24) is 15.0 Å². The van der Waals surface area contributed by atoms with E-state index in [0.717, 1.165) is 36.2 Å². The topological polar surface area (TPSA) is 56.7 Å². The summed E-state index contributed by atoms with van der Waals surface area (Å²) in [4.78, 5) is 0. The number of rotatable bonds is 3. The van der Waals surface area contributed by atoms with E-state index in [2.05, 4.69) is 10.3 Å². The van der Waals surface area contributed by atoms with E-state index in [0.29, 0.717) is 18.3 Å². The van der Waals surface area contributed by atoms with Gasteiger partial charge in [-0.15, -0.1) is 5.10 Å². The van der Waals surface area contributed by atoms with Gasteiger partial charge in [0.05, 0.1) is 17.8 Å². The first-order chi connectivity index (χ1) is 9.45. The highest BCUT2D eigenvalue weighted by molar-refractivity contribution is 5.38. The van der Waals surface area contributed by atoms with Crippen molar-refractivity contribution >= 4 is 5.82 Å². The van der Waals surface area contributed by atoms with Crippen LogP contribution in [-0.4, -0.2) is 15.0 Å². The minimum Gasteiger partial charge on any atom is -0.381 e. The standard InChI is InChI=1S/C13H13F3N4/c14-13(15,16)10-5-1-8(2-6-10)7-20-11(9-3-4-9)12(17)18-19-20/h1-2,5-6,9H,3-4,7,17H2. The summed E-state index contributed by atoms with van der Waals surface area (Å²) < 4.78 is 39.1. The van der Waals surface area contributed by atoms with Gasteiger partial charge in [-0.3, -0.25) is 0 Å². The monoisotopic (exact) mass is 282 g/mol. The van der Waals surface area contributed by atoms with Gasteiger partial charge in [0.25, 0.3) is 0 Å². The van der Waals surface area contributed by atoms with Crippen LogP contribution in [0.25, 0.3) is 0 Å². The molecule has 1 saturated carbocycles. The molecule has 1 fully saturated rings. The maximum absolute atomic E-state index is 12.5. The molecule has 1 aliphatic carbocycles. The molecule has 3 rings (SSSR count). The molecule has 0 aliphatic heterocycles. The van der Waals surface area contributed by atoms with E-state index < -0.39 is 11.7 Å². The zero-order chi connectivity index (χ0) is 14.3. The van der Waals surface area contributed by atoms with Gasteiger partial charge in [0.2, 0.25) is 0 Å². The Morgan fingerprint density at radius 2 is 1.85 bits per heavy atom. The van der Waals surface area contributed by atoms with E-state index >= 15 is 0 Å². The maximum Gasteiger partial charge on any atom is 0.416 e. The number of hydrogen-bond donors (Lipinski definition) is 1. The Balaban J connectivity index is 1.81. The first kappa shape index (κ1) is 13.0. The zero-order valence-corrected chi connectivity index (χ0v) is 10.6. The van der Waals surface area contributed by atoms with Crippen molar-refractivity contribution in [3.8, 4) is 0 Å². The second-order valence-corrected chi connectivity index (χ2v) is 4.99. The van der Waals surface area contributed by atoms with Gasteiger partial charge >= 0.3 is 6.18 Å². The van der Waals surface area contributed by atoms with Crippen molar-refractivity contribution in [2.45, 2.75) is 31.5 Å². The van der Waals surface area contributed by atoms with Crippen LogP contribution >= 0.6 is 0 Å². The number of benzene rings is 1. The number of anilines is 1. The van der Waals surface area contributed by atoms with E-state index in [9.17, 15) is 13.2 Å². The lowest BCUT2D eigenvalue weighted by molar-refractivity contribution is -0.137. The number of nitrogen functional groups attached to an aromatic ring is 1. The Hall–Kier alpha value is -2.05. The number of alkyl halides is 3. The largest absolute Gasteiger partial charge is 0.416 e. The maximum atomic E-state index is 12.5. The lowest BCUT2D eigenvalue weighted by atomic mass is 10.1. The van der Waals surface area contributed by atoms with Crippen LogP contribution in [0.4, 0.5) is 19.0 Å². The molecule has 1 aromatic heterocycles. The highest BCUT2D eigenvalue weighted by Crippen LogP contribution is 2.42. The van der Waals surface area contributed by atoms with Crippen molar-refractivity contribution in [1.29, 1.82) is 0 Å². The zero-order valence-electron chi connectivity index (χ0n) is 10.6. The van der Waals surface area contributed by atoms with E-state index in [1.807, 2.05) is 0 Å². The number of halogens is 3. The normalized spacial score (nSPS) is 15.6. The molecule has 7 heteroatoms. The molecule has 0 unspecified atom stereocenters. The third-order valence-corrected chi connectivity index (χ3v) is 3.38. The van der Waals surface area contributed by atoms with E-state index in [1.54, 1.807) is 4.68 Å². The molecule has 1 aromatic carbocycles. The number of nitrogens with two attached hydrogens (primary N) is 1. The molecule has 0 amide bonds. The molecular weight excluding hydrogens is 269 g/mol. The molecule has 0 radical (unpaired) electrons. The molecule has 0 saturated heterocycles. The van der Waals surface area contributed by atoms with Gasteiger partial charge in [0.15, 0.2) is 5.82 Å². The summed E-state index contributed by atoms with van der Waals surface area (Å²) in [6.45, 7) is 0.383. The fraction of sp³-hybridized carbons (Fsp3) is 0.385. The van der Waals surface area contributed by atoms with Crippen molar-refractivity contribution in [2.24, 2.45) is 0 Å². The summed E-state index contributed by atoms with van der Waals surface area (Å²) in [5, 5.41) is 7.80. The van der Waals surface area contributed by atoms with E-state index in [-0.39, 0.29) is 0 Å². The Kier molecular flexibility index (Phi) is 2.92. The number of aromatic nitrogens is 3. The molecule has 0 bridgehead atoms. The Bertz CT molecular complexity index is 612. The molecule has 0 atom stereocenters. The van der Waals surface area contributed by atoms with Crippen molar-refractivity contribution in [3.63, 3.8) is 0 Å². The van der Waals surface area contributed by atoms with Crippen LogP contribution in [0, 0.1) is 0 Å². The summed E-state index contributed by atoms with van der Waals surface area (Å²) in [6, 6.07) is 5.06. The highest BCUT2D eigenvalue weighted by atomic mass is 19.4. The van der Waals surface area contributed by atoms with Gasteiger partial charge in [-0.05, 0) is 30.5 Å². The van der Waals surface area contributed by atoms with Gasteiger partial charge in [0, 0.05) is 5.92 Å². The molecule has 4 nitrogen and oxygen atoms in total. The molecule has 1 heterocycles. The van der Waals surface area contributed by atoms with Gasteiger partial charge in [-0.25, -0.2) is 4.68 Å². The lowest BCUT2D eigenvalue weighted by Gasteiger charge is -2.09. The molecular formula is C13H13F3N4. The second kappa shape index (κ2) is 4.50. The van der Waals surface area contributed by atoms with Crippen molar-refractivity contribution < 1.29 is 13.2 Å². The van der Waals surface area contributed by atoms with Crippen molar-refractivity contribution in [2.75, 3.05) is 5.73 Å². The van der Waals surface area contributed by atoms with Gasteiger partial charge in [-0.2, -0.15) is 13.2 Å². The van der Waals surface area contributed by atoms with Crippen LogP contribution < -0.4 is 5.73 Å². The Morgan fingerprint density at radius 3 is 2.40 bits per heavy atom. The second-order valence-electron chi connectivity index (χ2n) is 4.99. The van der Waals surface area contributed by atoms with Gasteiger partial charge < -0.3 is 5.73 Å². The number of hydrogen-bond acceptors (Lipinski definition) is 3. The van der Waals surface area contributed by atoms with Crippen LogP contribution in [0.1, 0.15) is 35.6 Å². The minimum absolute atomic E-state index is 0.383. The van der Waals surface area contributed by atoms with Crippen LogP contribution in [0.15, 0.2) is 24.3 Å². The molecule has 2 aromatic rings. The summed E-state index contributed by atoms with van der Waals surface area (Å²) in [5.74, 6) is 0.805. The first-order valence-electron chi connectivity index (χ1n) is 6.30. The smallest absolute Gasteiger partial charge is 0.381 e. The van der Waals surface area contributed by atoms with E-state index in [4.69, 9.17) is 5.73 Å². The fourth-order valence-corrected chi connectivity index (χ4v) is 2.20. The van der Waals surface area contributed by atoms with Crippen LogP contribution in [-0.2, 0) is 12.7 Å². The highest BCUT2D eigenvalue weighted by Gasteiger charge is 2.31. The Labute approximate surface area is 113 Å². The number of nitrogens with zero attached hydrogens (tertiary/aromatic N) is 3. The summed E-state index contributed by atoms with van der Waals surface area (Å²) in [5.41, 5.74) is 6.76. The predicted molar refractivity (Wildman–Crippen MR) is 67.0 cm³/mol. The summed E-state index contributed by atoms with van der Waals surface area (Å²) in [6.07, 6.45) is -2.19. The Morgan fingerprint density at radius 1 is 1.20 bits per heavy atom.